The van der Waals surface area contributed by atoms with Crippen molar-refractivity contribution in [3.8, 4) is 5.75 Å². The van der Waals surface area contributed by atoms with Gasteiger partial charge in [-0.3, -0.25) is 0 Å². The fourth-order valence-corrected chi connectivity index (χ4v) is 3.70. The maximum Gasteiger partial charge on any atom is 0.142 e. The molecule has 0 saturated heterocycles. The molecule has 3 nitrogen and oxygen atoms in total. The molecular formula is C20H29NO2. The van der Waals surface area contributed by atoms with E-state index in [9.17, 15) is 0 Å². The van der Waals surface area contributed by atoms with Gasteiger partial charge in [0.15, 0.2) is 0 Å². The van der Waals surface area contributed by atoms with Gasteiger partial charge in [0.1, 0.15) is 11.9 Å². The van der Waals surface area contributed by atoms with Crippen molar-refractivity contribution < 1.29 is 9.47 Å². The van der Waals surface area contributed by atoms with E-state index in [0.29, 0.717) is 0 Å². The molecule has 0 amide bonds. The molecule has 0 spiro atoms. The summed E-state index contributed by atoms with van der Waals surface area (Å²) < 4.78 is 11.2. The lowest BCUT2D eigenvalue weighted by Crippen LogP contribution is -2.30. The monoisotopic (exact) mass is 315 g/mol. The molecule has 0 radical (unpaired) electrons. The van der Waals surface area contributed by atoms with Crippen LogP contribution in [0.5, 0.6) is 5.75 Å². The van der Waals surface area contributed by atoms with Gasteiger partial charge in [-0.25, -0.2) is 0 Å². The van der Waals surface area contributed by atoms with Gasteiger partial charge in [0.2, 0.25) is 0 Å². The van der Waals surface area contributed by atoms with Gasteiger partial charge in [-0.1, -0.05) is 44.7 Å². The summed E-state index contributed by atoms with van der Waals surface area (Å²) in [6.07, 6.45) is 10.2. The molecule has 3 heteroatoms. The van der Waals surface area contributed by atoms with Crippen LogP contribution >= 0.6 is 0 Å². The van der Waals surface area contributed by atoms with Gasteiger partial charge in [-0.05, 0) is 36.5 Å². The summed E-state index contributed by atoms with van der Waals surface area (Å²) in [7, 11) is 1.67. The van der Waals surface area contributed by atoms with Gasteiger partial charge in [0, 0.05) is 6.42 Å². The molecule has 23 heavy (non-hydrogen) atoms. The van der Waals surface area contributed by atoms with Crippen LogP contribution in [0.3, 0.4) is 0 Å². The second-order valence-electron chi connectivity index (χ2n) is 6.94. The van der Waals surface area contributed by atoms with Crippen LogP contribution in [-0.2, 0) is 11.2 Å². The maximum atomic E-state index is 6.11. The molecule has 1 aliphatic carbocycles. The van der Waals surface area contributed by atoms with E-state index in [1.807, 2.05) is 0 Å². The van der Waals surface area contributed by atoms with E-state index in [-0.39, 0.29) is 6.10 Å². The van der Waals surface area contributed by atoms with Crippen molar-refractivity contribution in [3.05, 3.63) is 36.1 Å². The quantitative estimate of drug-likeness (QED) is 0.756. The predicted octanol–water partition coefficient (Wildman–Crippen LogP) is 4.92. The zero-order valence-corrected chi connectivity index (χ0v) is 14.3. The Morgan fingerprint density at radius 2 is 2.13 bits per heavy atom. The van der Waals surface area contributed by atoms with E-state index in [1.54, 1.807) is 7.11 Å². The van der Waals surface area contributed by atoms with Crippen LogP contribution in [0.25, 0.3) is 0 Å². The van der Waals surface area contributed by atoms with Gasteiger partial charge in [-0.2, -0.15) is 0 Å². The Morgan fingerprint density at radius 3 is 2.91 bits per heavy atom. The van der Waals surface area contributed by atoms with Crippen LogP contribution in [0.1, 0.15) is 50.5 Å². The van der Waals surface area contributed by atoms with Crippen molar-refractivity contribution in [2.24, 2.45) is 5.92 Å². The molecule has 1 aliphatic heterocycles. The summed E-state index contributed by atoms with van der Waals surface area (Å²) in [5.41, 5.74) is 2.60. The highest BCUT2D eigenvalue weighted by atomic mass is 16.5. The Hall–Kier alpha value is -1.64. The predicted molar refractivity (Wildman–Crippen MR) is 95.0 cm³/mol. The Balaban J connectivity index is 1.56. The third-order valence-electron chi connectivity index (χ3n) is 5.14. The second-order valence-corrected chi connectivity index (χ2v) is 6.94. The van der Waals surface area contributed by atoms with Crippen molar-refractivity contribution in [1.29, 1.82) is 0 Å². The largest absolute Gasteiger partial charge is 0.502 e. The van der Waals surface area contributed by atoms with Gasteiger partial charge in [0.25, 0.3) is 0 Å². The number of nitrogens with one attached hydrogen (secondary N) is 1. The normalized spacial score (nSPS) is 21.0. The Morgan fingerprint density at radius 1 is 1.30 bits per heavy atom. The highest BCUT2D eigenvalue weighted by Gasteiger charge is 2.20. The number of fused-ring (bicyclic) bond motifs is 1. The number of hydrogen-bond acceptors (Lipinski definition) is 3. The zero-order chi connectivity index (χ0) is 16.1. The number of ether oxygens (including phenoxy) is 2. The summed E-state index contributed by atoms with van der Waals surface area (Å²) in [6, 6.07) is 6.66. The average Bonchev–Trinajstić information content (AvgIpc) is 2.60. The third-order valence-corrected chi connectivity index (χ3v) is 5.14. The van der Waals surface area contributed by atoms with Gasteiger partial charge in [0.05, 0.1) is 25.1 Å². The molecule has 126 valence electrons. The standard InChI is InChI=1S/C20H29NO2/c1-15(22-2)8-10-18-14-21-19-13-17(9-11-20(19)23-18)12-16-6-4-3-5-7-16/h9,11,13,16,18,21H,1,3-8,10,12,14H2,2H3. The molecule has 2 aliphatic rings. The Bertz CT molecular complexity index is 534. The lowest BCUT2D eigenvalue weighted by Gasteiger charge is -2.28. The van der Waals surface area contributed by atoms with Crippen LogP contribution < -0.4 is 10.1 Å². The van der Waals surface area contributed by atoms with Gasteiger partial charge < -0.3 is 14.8 Å². The fraction of sp³-hybridized carbons (Fsp3) is 0.600. The van der Waals surface area contributed by atoms with Crippen molar-refractivity contribution in [1.82, 2.24) is 0 Å². The molecule has 0 aromatic heterocycles. The van der Waals surface area contributed by atoms with E-state index in [0.717, 1.165) is 42.5 Å². The zero-order valence-electron chi connectivity index (χ0n) is 14.3. The van der Waals surface area contributed by atoms with Crippen LogP contribution in [0.2, 0.25) is 0 Å². The molecule has 1 aromatic carbocycles. The summed E-state index contributed by atoms with van der Waals surface area (Å²) in [5, 5.41) is 3.54. The van der Waals surface area contributed by atoms with Crippen molar-refractivity contribution in [3.63, 3.8) is 0 Å². The van der Waals surface area contributed by atoms with E-state index in [4.69, 9.17) is 9.47 Å². The SMILES string of the molecule is C=C(CCC1CNc2cc(CC3CCCCC3)ccc2O1)OC. The first-order valence-electron chi connectivity index (χ1n) is 9.00. The number of allylic oxidation sites excluding steroid dienone is 1. The van der Waals surface area contributed by atoms with Crippen LogP contribution in [-0.4, -0.2) is 19.8 Å². The lowest BCUT2D eigenvalue weighted by atomic mass is 9.85. The molecule has 1 heterocycles. The third kappa shape index (κ3) is 4.43. The minimum Gasteiger partial charge on any atom is -0.502 e. The highest BCUT2D eigenvalue weighted by molar-refractivity contribution is 5.59. The smallest absolute Gasteiger partial charge is 0.142 e. The minimum absolute atomic E-state index is 0.193. The second kappa shape index (κ2) is 7.76. The molecule has 1 aromatic rings. The van der Waals surface area contributed by atoms with Crippen molar-refractivity contribution in [2.45, 2.75) is 57.5 Å². The molecule has 1 saturated carbocycles. The average molecular weight is 315 g/mol. The molecule has 1 atom stereocenters. The number of anilines is 1. The number of benzene rings is 1. The van der Waals surface area contributed by atoms with Crippen molar-refractivity contribution in [2.75, 3.05) is 19.0 Å². The summed E-state index contributed by atoms with van der Waals surface area (Å²) >= 11 is 0. The summed E-state index contributed by atoms with van der Waals surface area (Å²) in [5.74, 6) is 2.68. The van der Waals surface area contributed by atoms with Crippen LogP contribution in [0, 0.1) is 5.92 Å². The van der Waals surface area contributed by atoms with E-state index < -0.39 is 0 Å². The minimum atomic E-state index is 0.193. The topological polar surface area (TPSA) is 30.5 Å². The highest BCUT2D eigenvalue weighted by Crippen LogP contribution is 2.33. The molecule has 1 unspecified atom stereocenters. The molecular weight excluding hydrogens is 286 g/mol. The first-order chi connectivity index (χ1) is 11.2. The van der Waals surface area contributed by atoms with Gasteiger partial charge in [-0.15, -0.1) is 0 Å². The van der Waals surface area contributed by atoms with E-state index in [2.05, 4.69) is 30.1 Å². The maximum absolute atomic E-state index is 6.11. The molecule has 1 N–H and O–H groups in total. The van der Waals surface area contributed by atoms with Gasteiger partial charge >= 0.3 is 0 Å². The number of hydrogen-bond donors (Lipinski definition) is 1. The first kappa shape index (κ1) is 16.2. The van der Waals surface area contributed by atoms with E-state index in [1.165, 1.54) is 44.1 Å². The van der Waals surface area contributed by atoms with Crippen LogP contribution in [0.4, 0.5) is 5.69 Å². The molecule has 0 bridgehead atoms. The van der Waals surface area contributed by atoms with Crippen molar-refractivity contribution >= 4 is 5.69 Å². The molecule has 1 fully saturated rings. The summed E-state index contributed by atoms with van der Waals surface area (Å²) in [6.45, 7) is 4.73. The first-order valence-corrected chi connectivity index (χ1v) is 9.00. The number of rotatable bonds is 6. The lowest BCUT2D eigenvalue weighted by molar-refractivity contribution is 0.183. The summed E-state index contributed by atoms with van der Waals surface area (Å²) in [4.78, 5) is 0. The number of methoxy groups -OCH3 is 1. The Kier molecular flexibility index (Phi) is 5.47. The Labute approximate surface area is 140 Å². The van der Waals surface area contributed by atoms with E-state index >= 15 is 0 Å². The van der Waals surface area contributed by atoms with Crippen LogP contribution in [0.15, 0.2) is 30.5 Å². The molecule has 3 rings (SSSR count). The fourth-order valence-electron chi connectivity index (χ4n) is 3.70.